The van der Waals surface area contributed by atoms with Crippen LogP contribution in [0, 0.1) is 13.8 Å². The second-order valence-electron chi connectivity index (χ2n) is 5.40. The molecule has 1 aromatic heterocycles. The number of carboxylic acids is 1. The third-order valence-electron chi connectivity index (χ3n) is 3.83. The summed E-state index contributed by atoms with van der Waals surface area (Å²) in [5, 5.41) is 9.21. The van der Waals surface area contributed by atoms with Gasteiger partial charge >= 0.3 is 11.7 Å². The quantitative estimate of drug-likeness (QED) is 0.869. The van der Waals surface area contributed by atoms with E-state index in [1.165, 1.54) is 0 Å². The Bertz CT molecular complexity index is 549. The Morgan fingerprint density at radius 1 is 1.35 bits per heavy atom. The third-order valence-corrected chi connectivity index (χ3v) is 3.83. The van der Waals surface area contributed by atoms with Crippen LogP contribution in [-0.4, -0.2) is 20.6 Å². The predicted molar refractivity (Wildman–Crippen MR) is 78.3 cm³/mol. The van der Waals surface area contributed by atoms with Crippen LogP contribution in [0.15, 0.2) is 4.79 Å². The first kappa shape index (κ1) is 16.4. The van der Waals surface area contributed by atoms with Gasteiger partial charge in [0.15, 0.2) is 0 Å². The first-order chi connectivity index (χ1) is 9.31. The number of rotatable bonds is 6. The van der Waals surface area contributed by atoms with E-state index in [2.05, 4.69) is 11.9 Å². The molecule has 0 saturated heterocycles. The van der Waals surface area contributed by atoms with Crippen LogP contribution in [0.25, 0.3) is 0 Å². The minimum Gasteiger partial charge on any atom is -0.481 e. The van der Waals surface area contributed by atoms with Gasteiger partial charge in [-0.2, -0.15) is 4.98 Å². The number of aromatic nitrogens is 2. The molecule has 1 heterocycles. The van der Waals surface area contributed by atoms with Gasteiger partial charge in [-0.25, -0.2) is 4.79 Å². The lowest BCUT2D eigenvalue weighted by molar-refractivity contribution is -0.138. The Morgan fingerprint density at radius 3 is 2.45 bits per heavy atom. The molecule has 0 aliphatic heterocycles. The molecule has 2 unspecified atom stereocenters. The number of aryl methyl sites for hydroxylation is 1. The van der Waals surface area contributed by atoms with Crippen molar-refractivity contribution in [2.75, 3.05) is 0 Å². The van der Waals surface area contributed by atoms with Crippen molar-refractivity contribution in [3.05, 3.63) is 27.4 Å². The van der Waals surface area contributed by atoms with Crippen molar-refractivity contribution in [1.82, 2.24) is 9.55 Å². The molecule has 0 radical (unpaired) electrons. The van der Waals surface area contributed by atoms with Gasteiger partial charge in [-0.1, -0.05) is 19.8 Å². The molecular weight excluding hydrogens is 256 g/mol. The fraction of sp³-hybridized carbons (Fsp3) is 0.667. The summed E-state index contributed by atoms with van der Waals surface area (Å²) in [6.07, 6.45) is 2.99. The van der Waals surface area contributed by atoms with E-state index in [1.54, 1.807) is 18.4 Å². The van der Waals surface area contributed by atoms with Gasteiger partial charge in [0.2, 0.25) is 0 Å². The zero-order valence-electron chi connectivity index (χ0n) is 12.9. The molecule has 112 valence electrons. The summed E-state index contributed by atoms with van der Waals surface area (Å²) >= 11 is 0. The van der Waals surface area contributed by atoms with Gasteiger partial charge in [0, 0.05) is 23.0 Å². The molecule has 5 nitrogen and oxygen atoms in total. The molecule has 0 spiro atoms. The molecule has 0 fully saturated rings. The molecule has 0 aliphatic rings. The molecule has 0 saturated carbocycles. The smallest absolute Gasteiger partial charge is 0.348 e. The topological polar surface area (TPSA) is 72.2 Å². The molecule has 0 bridgehead atoms. The zero-order valence-corrected chi connectivity index (χ0v) is 12.9. The number of carbonyl (C=O) groups is 1. The molecule has 2 atom stereocenters. The molecule has 1 N–H and O–H groups in total. The second-order valence-corrected chi connectivity index (χ2v) is 5.40. The summed E-state index contributed by atoms with van der Waals surface area (Å²) in [7, 11) is 0. The normalized spacial score (nSPS) is 14.1. The van der Waals surface area contributed by atoms with E-state index in [0.717, 1.165) is 25.0 Å². The van der Waals surface area contributed by atoms with Gasteiger partial charge in [0.25, 0.3) is 0 Å². The maximum absolute atomic E-state index is 12.1. The summed E-state index contributed by atoms with van der Waals surface area (Å²) < 4.78 is 1.64. The van der Waals surface area contributed by atoms with E-state index in [1.807, 2.05) is 13.8 Å². The first-order valence-electron chi connectivity index (χ1n) is 7.13. The first-order valence-corrected chi connectivity index (χ1v) is 7.13. The number of hydrogen-bond acceptors (Lipinski definition) is 3. The van der Waals surface area contributed by atoms with Crippen molar-refractivity contribution < 1.29 is 9.90 Å². The number of aliphatic carboxylic acids is 1. The molecule has 0 amide bonds. The summed E-state index contributed by atoms with van der Waals surface area (Å²) in [4.78, 5) is 27.4. The summed E-state index contributed by atoms with van der Waals surface area (Å²) in [5.74, 6) is -1.56. The largest absolute Gasteiger partial charge is 0.481 e. The van der Waals surface area contributed by atoms with Crippen LogP contribution >= 0.6 is 0 Å². The third kappa shape index (κ3) is 3.26. The highest BCUT2D eigenvalue weighted by atomic mass is 16.4. The molecule has 1 aromatic rings. The van der Waals surface area contributed by atoms with Gasteiger partial charge in [-0.15, -0.1) is 0 Å². The fourth-order valence-corrected chi connectivity index (χ4v) is 2.69. The summed E-state index contributed by atoms with van der Waals surface area (Å²) in [5.41, 5.74) is 1.60. The molecule has 5 heteroatoms. The SMILES string of the molecule is CCCCC(C)n1c(C)c(C(C)C(=O)O)c(C)nc1=O. The minimum atomic E-state index is -0.899. The number of nitrogens with zero attached hydrogens (tertiary/aromatic N) is 2. The van der Waals surface area contributed by atoms with Crippen molar-refractivity contribution in [1.29, 1.82) is 0 Å². The van der Waals surface area contributed by atoms with E-state index < -0.39 is 11.9 Å². The molecule has 1 rings (SSSR count). The van der Waals surface area contributed by atoms with E-state index in [-0.39, 0.29) is 11.7 Å². The average Bonchev–Trinajstić information content (AvgIpc) is 2.35. The van der Waals surface area contributed by atoms with Crippen molar-refractivity contribution in [2.24, 2.45) is 0 Å². The van der Waals surface area contributed by atoms with E-state index in [9.17, 15) is 14.7 Å². The standard InChI is InChI=1S/C15H24N2O3/c1-6-7-8-9(2)17-12(5)13(10(3)14(18)19)11(4)16-15(17)20/h9-10H,6-8H2,1-5H3,(H,18,19). The van der Waals surface area contributed by atoms with Crippen LogP contribution in [0.4, 0.5) is 0 Å². The van der Waals surface area contributed by atoms with Crippen molar-refractivity contribution in [3.8, 4) is 0 Å². The summed E-state index contributed by atoms with van der Waals surface area (Å²) in [6, 6.07) is 0.0373. The fourth-order valence-electron chi connectivity index (χ4n) is 2.69. The molecular formula is C15H24N2O3. The average molecular weight is 280 g/mol. The van der Waals surface area contributed by atoms with Gasteiger partial charge in [-0.3, -0.25) is 9.36 Å². The lowest BCUT2D eigenvalue weighted by Crippen LogP contribution is -2.31. The van der Waals surface area contributed by atoms with Crippen LogP contribution < -0.4 is 5.69 Å². The van der Waals surface area contributed by atoms with E-state index in [4.69, 9.17) is 0 Å². The Kier molecular flexibility index (Phi) is 5.48. The predicted octanol–water partition coefficient (Wildman–Crippen LogP) is 2.80. The van der Waals surface area contributed by atoms with Crippen molar-refractivity contribution >= 4 is 5.97 Å². The second kappa shape index (κ2) is 6.68. The number of carboxylic acid groups (broad SMARTS) is 1. The molecule has 0 aliphatic carbocycles. The van der Waals surface area contributed by atoms with Crippen molar-refractivity contribution in [2.45, 2.75) is 65.8 Å². The molecule has 0 aromatic carbocycles. The highest BCUT2D eigenvalue weighted by Gasteiger charge is 2.23. The van der Waals surface area contributed by atoms with Gasteiger partial charge in [0.05, 0.1) is 5.92 Å². The van der Waals surface area contributed by atoms with Crippen LogP contribution in [0.1, 0.15) is 68.9 Å². The highest BCUT2D eigenvalue weighted by molar-refractivity contribution is 5.76. The lowest BCUT2D eigenvalue weighted by Gasteiger charge is -2.22. The maximum Gasteiger partial charge on any atom is 0.348 e. The van der Waals surface area contributed by atoms with Gasteiger partial charge in [-0.05, 0) is 34.1 Å². The maximum atomic E-state index is 12.1. The van der Waals surface area contributed by atoms with Crippen LogP contribution in [-0.2, 0) is 4.79 Å². The Hall–Kier alpha value is -1.65. The van der Waals surface area contributed by atoms with E-state index in [0.29, 0.717) is 11.3 Å². The van der Waals surface area contributed by atoms with Crippen LogP contribution in [0.3, 0.4) is 0 Å². The molecule has 20 heavy (non-hydrogen) atoms. The Morgan fingerprint density at radius 2 is 1.95 bits per heavy atom. The number of unbranched alkanes of at least 4 members (excludes halogenated alkanes) is 1. The van der Waals surface area contributed by atoms with Crippen LogP contribution in [0.2, 0.25) is 0 Å². The monoisotopic (exact) mass is 280 g/mol. The Balaban J connectivity index is 3.36. The van der Waals surface area contributed by atoms with Crippen molar-refractivity contribution in [3.63, 3.8) is 0 Å². The summed E-state index contributed by atoms with van der Waals surface area (Å²) in [6.45, 7) is 9.23. The lowest BCUT2D eigenvalue weighted by atomic mass is 9.97. The zero-order chi connectivity index (χ0) is 15.4. The Labute approximate surface area is 119 Å². The van der Waals surface area contributed by atoms with E-state index >= 15 is 0 Å². The van der Waals surface area contributed by atoms with Gasteiger partial charge < -0.3 is 5.11 Å². The number of hydrogen-bond donors (Lipinski definition) is 1. The highest BCUT2D eigenvalue weighted by Crippen LogP contribution is 2.24. The van der Waals surface area contributed by atoms with Gasteiger partial charge in [0.1, 0.15) is 0 Å². The minimum absolute atomic E-state index is 0.0373. The van der Waals surface area contributed by atoms with Crippen LogP contribution in [0.5, 0.6) is 0 Å².